The quantitative estimate of drug-likeness (QED) is 0.541. The van der Waals surface area contributed by atoms with Crippen molar-refractivity contribution in [2.75, 3.05) is 37.7 Å². The van der Waals surface area contributed by atoms with Crippen LogP contribution in [0.15, 0.2) is 12.1 Å². The number of amides is 1. The number of ether oxygens (including phenoxy) is 2. The zero-order valence-electron chi connectivity index (χ0n) is 21.6. The molecule has 2 unspecified atom stereocenters. The van der Waals surface area contributed by atoms with Gasteiger partial charge in [-0.25, -0.2) is 14.2 Å². The molecular formula is C26H34ClFN6O3. The van der Waals surface area contributed by atoms with E-state index < -0.39 is 11.8 Å². The van der Waals surface area contributed by atoms with Crippen LogP contribution in [0.4, 0.5) is 15.0 Å². The van der Waals surface area contributed by atoms with Gasteiger partial charge >= 0.3 is 12.1 Å². The lowest BCUT2D eigenvalue weighted by Crippen LogP contribution is -2.57. The first-order valence-corrected chi connectivity index (χ1v) is 13.6. The van der Waals surface area contributed by atoms with Gasteiger partial charge in [0, 0.05) is 26.1 Å². The molecule has 6 heterocycles. The normalized spacial score (nSPS) is 29.7. The van der Waals surface area contributed by atoms with Crippen LogP contribution < -0.4 is 9.64 Å². The number of alkyl halides is 1. The number of rotatable bonds is 4. The Labute approximate surface area is 221 Å². The summed E-state index contributed by atoms with van der Waals surface area (Å²) in [6.45, 7) is 8.63. The van der Waals surface area contributed by atoms with E-state index in [4.69, 9.17) is 26.1 Å². The Morgan fingerprint density at radius 2 is 1.92 bits per heavy atom. The van der Waals surface area contributed by atoms with E-state index in [0.29, 0.717) is 43.5 Å². The van der Waals surface area contributed by atoms with Gasteiger partial charge in [0.25, 0.3) is 0 Å². The van der Waals surface area contributed by atoms with Gasteiger partial charge in [-0.1, -0.05) is 11.6 Å². The molecule has 0 aliphatic carbocycles. The second-order valence-corrected chi connectivity index (χ2v) is 12.3. The molecule has 6 rings (SSSR count). The SMILES string of the molecule is CC(C)(C)OC(=O)N1C2CCC1CN(c1nc(OC[C@@]34CCCN3C[C@H](F)C4)nc3nc(Cl)ccc13)C2. The molecule has 4 saturated heterocycles. The molecular weight excluding hydrogens is 499 g/mol. The van der Waals surface area contributed by atoms with Gasteiger partial charge in [-0.05, 0) is 65.1 Å². The van der Waals surface area contributed by atoms with E-state index in [1.165, 1.54) is 0 Å². The maximum absolute atomic E-state index is 14.2. The van der Waals surface area contributed by atoms with Crippen LogP contribution in [0.1, 0.15) is 52.9 Å². The van der Waals surface area contributed by atoms with E-state index in [1.807, 2.05) is 31.7 Å². The molecule has 2 aromatic rings. The molecule has 2 bridgehead atoms. The first-order valence-electron chi connectivity index (χ1n) is 13.2. The number of carbonyl (C=O) groups excluding carboxylic acids is 1. The predicted octanol–water partition coefficient (Wildman–Crippen LogP) is 4.22. The number of fused-ring (bicyclic) bond motifs is 4. The van der Waals surface area contributed by atoms with Crippen molar-refractivity contribution in [2.45, 2.75) is 82.3 Å². The van der Waals surface area contributed by atoms with Crippen LogP contribution in [-0.2, 0) is 4.74 Å². The van der Waals surface area contributed by atoms with Gasteiger partial charge < -0.3 is 14.4 Å². The lowest BCUT2D eigenvalue weighted by atomic mass is 9.95. The van der Waals surface area contributed by atoms with Gasteiger partial charge in [0.1, 0.15) is 29.4 Å². The third-order valence-electron chi connectivity index (χ3n) is 8.10. The van der Waals surface area contributed by atoms with Crippen molar-refractivity contribution < 1.29 is 18.7 Å². The maximum Gasteiger partial charge on any atom is 0.410 e. The van der Waals surface area contributed by atoms with Crippen molar-refractivity contribution in [1.82, 2.24) is 24.8 Å². The minimum atomic E-state index is -0.825. The highest BCUT2D eigenvalue weighted by Gasteiger charge is 2.49. The number of carbonyl (C=O) groups is 1. The first-order chi connectivity index (χ1) is 17.6. The molecule has 200 valence electrons. The molecule has 2 aromatic heterocycles. The summed E-state index contributed by atoms with van der Waals surface area (Å²) in [5, 5.41) is 1.13. The smallest absolute Gasteiger partial charge is 0.410 e. The Morgan fingerprint density at radius 3 is 2.65 bits per heavy atom. The third-order valence-corrected chi connectivity index (χ3v) is 8.31. The summed E-state index contributed by atoms with van der Waals surface area (Å²) in [7, 11) is 0. The summed E-state index contributed by atoms with van der Waals surface area (Å²) in [4.78, 5) is 33.1. The number of nitrogens with zero attached hydrogens (tertiary/aromatic N) is 6. The first kappa shape index (κ1) is 24.9. The third kappa shape index (κ3) is 4.67. The van der Waals surface area contributed by atoms with Crippen molar-refractivity contribution in [3.8, 4) is 6.01 Å². The van der Waals surface area contributed by atoms with Crippen LogP contribution in [0, 0.1) is 0 Å². The van der Waals surface area contributed by atoms with Crippen molar-refractivity contribution in [2.24, 2.45) is 0 Å². The van der Waals surface area contributed by atoms with Gasteiger partial charge in [-0.15, -0.1) is 0 Å². The topological polar surface area (TPSA) is 83.9 Å². The van der Waals surface area contributed by atoms with Crippen molar-refractivity contribution >= 4 is 34.5 Å². The largest absolute Gasteiger partial charge is 0.461 e. The number of halogens is 2. The molecule has 0 radical (unpaired) electrons. The Bertz CT molecular complexity index is 1200. The molecule has 4 aliphatic heterocycles. The zero-order valence-corrected chi connectivity index (χ0v) is 22.4. The number of hydrogen-bond acceptors (Lipinski definition) is 8. The number of piperazine rings is 1. The number of aromatic nitrogens is 3. The summed E-state index contributed by atoms with van der Waals surface area (Å²) in [5.74, 6) is 0.723. The minimum absolute atomic E-state index is 0.0363. The van der Waals surface area contributed by atoms with Crippen LogP contribution in [0.5, 0.6) is 6.01 Å². The molecule has 0 aromatic carbocycles. The van der Waals surface area contributed by atoms with Crippen LogP contribution >= 0.6 is 11.6 Å². The lowest BCUT2D eigenvalue weighted by Gasteiger charge is -2.42. The summed E-state index contributed by atoms with van der Waals surface area (Å²) in [6, 6.07) is 3.91. The Balaban J connectivity index is 1.27. The summed E-state index contributed by atoms with van der Waals surface area (Å²) >= 11 is 6.21. The number of hydrogen-bond donors (Lipinski definition) is 0. The summed E-state index contributed by atoms with van der Waals surface area (Å²) < 4.78 is 26.1. The molecule has 0 saturated carbocycles. The standard InChI is InChI=1S/C26H34ClFN6O3/c1-25(2,3)37-24(35)34-17-5-6-18(34)14-32(13-17)22-19-7-8-20(27)29-21(19)30-23(31-22)36-15-26-9-4-10-33(26)12-16(28)11-26/h7-8,16-18H,4-6,9-15H2,1-3H3/t16-,17?,18?,26+/m1/s1. The molecule has 4 aliphatic rings. The van der Waals surface area contributed by atoms with Gasteiger partial charge in [0.05, 0.1) is 23.0 Å². The van der Waals surface area contributed by atoms with Crippen LogP contribution in [-0.4, -0.2) is 93.0 Å². The average Bonchev–Trinajstić information content (AvgIpc) is 3.43. The molecule has 9 nitrogen and oxygen atoms in total. The summed E-state index contributed by atoms with van der Waals surface area (Å²) in [5.41, 5.74) is -0.369. The van der Waals surface area contributed by atoms with Gasteiger partial charge in [-0.3, -0.25) is 9.80 Å². The highest BCUT2D eigenvalue weighted by atomic mass is 35.5. The monoisotopic (exact) mass is 532 g/mol. The molecule has 37 heavy (non-hydrogen) atoms. The van der Waals surface area contributed by atoms with Crippen molar-refractivity contribution in [3.05, 3.63) is 17.3 Å². The van der Waals surface area contributed by atoms with Gasteiger partial charge in [0.2, 0.25) is 0 Å². The van der Waals surface area contributed by atoms with E-state index in [9.17, 15) is 9.18 Å². The molecule has 4 fully saturated rings. The Morgan fingerprint density at radius 1 is 1.16 bits per heavy atom. The molecule has 1 amide bonds. The Hall–Kier alpha value is -2.46. The number of anilines is 1. The van der Waals surface area contributed by atoms with E-state index in [0.717, 1.165) is 43.4 Å². The lowest BCUT2D eigenvalue weighted by molar-refractivity contribution is 0.0122. The zero-order chi connectivity index (χ0) is 25.9. The molecule has 11 heteroatoms. The van der Waals surface area contributed by atoms with Crippen molar-refractivity contribution in [1.29, 1.82) is 0 Å². The fourth-order valence-electron chi connectivity index (χ4n) is 6.59. The highest BCUT2D eigenvalue weighted by molar-refractivity contribution is 6.29. The molecule has 0 spiro atoms. The molecule has 4 atom stereocenters. The second kappa shape index (κ2) is 9.08. The van der Waals surface area contributed by atoms with E-state index in [-0.39, 0.29) is 29.7 Å². The van der Waals surface area contributed by atoms with E-state index in [1.54, 1.807) is 6.07 Å². The number of pyridine rings is 1. The van der Waals surface area contributed by atoms with Gasteiger partial charge in [0.15, 0.2) is 5.65 Å². The second-order valence-electron chi connectivity index (χ2n) is 11.9. The molecule has 0 N–H and O–H groups in total. The minimum Gasteiger partial charge on any atom is -0.461 e. The van der Waals surface area contributed by atoms with Gasteiger partial charge in [-0.2, -0.15) is 9.97 Å². The maximum atomic E-state index is 14.2. The van der Waals surface area contributed by atoms with Crippen molar-refractivity contribution in [3.63, 3.8) is 0 Å². The Kier molecular flexibility index (Phi) is 6.10. The average molecular weight is 533 g/mol. The van der Waals surface area contributed by atoms with Crippen LogP contribution in [0.25, 0.3) is 11.0 Å². The summed E-state index contributed by atoms with van der Waals surface area (Å²) in [6.07, 6.45) is 3.18. The fourth-order valence-corrected chi connectivity index (χ4v) is 6.74. The van der Waals surface area contributed by atoms with Crippen LogP contribution in [0.2, 0.25) is 5.15 Å². The van der Waals surface area contributed by atoms with Crippen LogP contribution in [0.3, 0.4) is 0 Å². The fraction of sp³-hybridized carbons (Fsp3) is 0.692. The van der Waals surface area contributed by atoms with E-state index in [2.05, 4.69) is 19.8 Å². The van der Waals surface area contributed by atoms with E-state index >= 15 is 0 Å². The predicted molar refractivity (Wildman–Crippen MR) is 138 cm³/mol. The highest BCUT2D eigenvalue weighted by Crippen LogP contribution is 2.41.